The van der Waals surface area contributed by atoms with E-state index in [2.05, 4.69) is 31.4 Å². The van der Waals surface area contributed by atoms with Crippen LogP contribution in [0.15, 0.2) is 81.1 Å². The van der Waals surface area contributed by atoms with Crippen LogP contribution >= 0.6 is 15.9 Å². The Kier molecular flexibility index (Phi) is 6.74. The molecule has 0 fully saturated rings. The Bertz CT molecular complexity index is 1450. The molecule has 0 aliphatic rings. The monoisotopic (exact) mass is 520 g/mol. The van der Waals surface area contributed by atoms with E-state index < -0.39 is 11.9 Å². The Morgan fingerprint density at radius 2 is 1.88 bits per heavy atom. The van der Waals surface area contributed by atoms with Gasteiger partial charge in [0, 0.05) is 5.56 Å². The summed E-state index contributed by atoms with van der Waals surface area (Å²) in [6.45, 7) is 1.62. The number of rotatable bonds is 6. The molecule has 2 N–H and O–H groups in total. The van der Waals surface area contributed by atoms with Crippen LogP contribution in [0.1, 0.15) is 18.5 Å². The fraction of sp³-hybridized carbons (Fsp3) is 0.120. The second-order valence-electron chi connectivity index (χ2n) is 7.46. The van der Waals surface area contributed by atoms with Crippen molar-refractivity contribution < 1.29 is 14.6 Å². The highest BCUT2D eigenvalue weighted by atomic mass is 79.9. The third kappa shape index (κ3) is 4.55. The average molecular weight is 521 g/mol. The number of carbonyl (C=O) groups is 1. The van der Waals surface area contributed by atoms with Gasteiger partial charge in [0.2, 0.25) is 0 Å². The van der Waals surface area contributed by atoms with Crippen LogP contribution in [-0.2, 0) is 4.79 Å². The summed E-state index contributed by atoms with van der Waals surface area (Å²) in [5.41, 5.74) is 4.02. The molecule has 1 heterocycles. The summed E-state index contributed by atoms with van der Waals surface area (Å²) in [7, 11) is 1.44. The van der Waals surface area contributed by atoms with E-state index in [1.807, 2.05) is 36.4 Å². The molecule has 0 aliphatic carbocycles. The number of nitrogens with zero attached hydrogens (tertiary/aromatic N) is 3. The van der Waals surface area contributed by atoms with E-state index in [0.29, 0.717) is 26.8 Å². The molecule has 4 aromatic rings. The van der Waals surface area contributed by atoms with Gasteiger partial charge in [-0.15, -0.1) is 0 Å². The minimum atomic E-state index is -0.891. The number of aromatic hydroxyl groups is 1. The number of methoxy groups -OCH3 is 1. The number of nitrogens with one attached hydrogen (secondary N) is 1. The van der Waals surface area contributed by atoms with Gasteiger partial charge in [-0.05, 0) is 52.7 Å². The summed E-state index contributed by atoms with van der Waals surface area (Å²) in [5, 5.41) is 14.4. The first-order chi connectivity index (χ1) is 16.4. The topological polar surface area (TPSA) is 106 Å². The number of hydrogen-bond acceptors (Lipinski definition) is 6. The van der Waals surface area contributed by atoms with Gasteiger partial charge in [-0.25, -0.2) is 10.4 Å². The zero-order valence-corrected chi connectivity index (χ0v) is 20.0. The minimum Gasteiger partial charge on any atom is -0.503 e. The van der Waals surface area contributed by atoms with Crippen LogP contribution in [0.4, 0.5) is 0 Å². The van der Waals surface area contributed by atoms with Crippen molar-refractivity contribution in [3.05, 3.63) is 87.1 Å². The summed E-state index contributed by atoms with van der Waals surface area (Å²) < 4.78 is 6.92. The van der Waals surface area contributed by atoms with Crippen LogP contribution in [0.25, 0.3) is 22.3 Å². The number of fused-ring (bicyclic) bond motifs is 1. The van der Waals surface area contributed by atoms with Crippen molar-refractivity contribution in [2.75, 3.05) is 7.11 Å². The van der Waals surface area contributed by atoms with Crippen LogP contribution in [-0.4, -0.2) is 33.9 Å². The fourth-order valence-electron chi connectivity index (χ4n) is 3.50. The second-order valence-corrected chi connectivity index (χ2v) is 8.31. The van der Waals surface area contributed by atoms with Gasteiger partial charge in [-0.3, -0.25) is 14.2 Å². The average Bonchev–Trinajstić information content (AvgIpc) is 2.86. The maximum absolute atomic E-state index is 13.4. The first-order valence-corrected chi connectivity index (χ1v) is 11.2. The third-order valence-electron chi connectivity index (χ3n) is 5.27. The van der Waals surface area contributed by atoms with Gasteiger partial charge in [0.25, 0.3) is 11.5 Å². The molecule has 0 aliphatic heterocycles. The molecule has 1 unspecified atom stereocenters. The van der Waals surface area contributed by atoms with E-state index >= 15 is 0 Å². The number of hydrogen-bond donors (Lipinski definition) is 2. The third-order valence-corrected chi connectivity index (χ3v) is 5.87. The number of carbonyl (C=O) groups excluding carboxylic acids is 1. The zero-order valence-electron chi connectivity index (χ0n) is 18.4. The largest absolute Gasteiger partial charge is 0.503 e. The van der Waals surface area contributed by atoms with Crippen LogP contribution in [0.5, 0.6) is 11.5 Å². The molecule has 1 amide bonds. The van der Waals surface area contributed by atoms with Crippen molar-refractivity contribution in [1.82, 2.24) is 15.0 Å². The van der Waals surface area contributed by atoms with Gasteiger partial charge in [0.1, 0.15) is 11.9 Å². The van der Waals surface area contributed by atoms with Gasteiger partial charge >= 0.3 is 0 Å². The van der Waals surface area contributed by atoms with Crippen molar-refractivity contribution in [3.63, 3.8) is 0 Å². The molecule has 0 saturated carbocycles. The van der Waals surface area contributed by atoms with E-state index in [9.17, 15) is 14.7 Å². The number of halogens is 1. The highest BCUT2D eigenvalue weighted by Gasteiger charge is 2.22. The molecule has 0 radical (unpaired) electrons. The Morgan fingerprint density at radius 1 is 1.18 bits per heavy atom. The molecular weight excluding hydrogens is 500 g/mol. The quantitative estimate of drug-likeness (QED) is 0.292. The Morgan fingerprint density at radius 3 is 2.62 bits per heavy atom. The maximum atomic E-state index is 13.4. The van der Waals surface area contributed by atoms with Gasteiger partial charge in [0.15, 0.2) is 11.5 Å². The van der Waals surface area contributed by atoms with Gasteiger partial charge in [0.05, 0.1) is 28.7 Å². The van der Waals surface area contributed by atoms with E-state index in [1.165, 1.54) is 17.9 Å². The molecule has 0 spiro atoms. The van der Waals surface area contributed by atoms with Crippen molar-refractivity contribution in [3.8, 4) is 22.9 Å². The first kappa shape index (κ1) is 23.2. The van der Waals surface area contributed by atoms with Crippen LogP contribution in [0.2, 0.25) is 0 Å². The molecule has 9 heteroatoms. The van der Waals surface area contributed by atoms with E-state index in [-0.39, 0.29) is 17.1 Å². The van der Waals surface area contributed by atoms with Crippen molar-refractivity contribution in [2.24, 2.45) is 5.10 Å². The fourth-order valence-corrected chi connectivity index (χ4v) is 3.96. The highest BCUT2D eigenvalue weighted by molar-refractivity contribution is 9.10. The van der Waals surface area contributed by atoms with Crippen LogP contribution in [0, 0.1) is 0 Å². The lowest BCUT2D eigenvalue weighted by Gasteiger charge is -2.18. The van der Waals surface area contributed by atoms with Gasteiger partial charge in [-0.2, -0.15) is 5.10 Å². The molecular formula is C25H21BrN4O4. The lowest BCUT2D eigenvalue weighted by atomic mass is 10.1. The molecule has 0 saturated heterocycles. The van der Waals surface area contributed by atoms with E-state index in [4.69, 9.17) is 4.74 Å². The molecule has 172 valence electrons. The molecule has 0 bridgehead atoms. The number of benzene rings is 3. The van der Waals surface area contributed by atoms with Crippen LogP contribution < -0.4 is 15.7 Å². The predicted molar refractivity (Wildman–Crippen MR) is 134 cm³/mol. The Balaban J connectivity index is 1.67. The summed E-state index contributed by atoms with van der Waals surface area (Å²) in [5.74, 6) is 0.131. The number of amides is 1. The molecule has 1 aromatic heterocycles. The molecule has 3 aromatic carbocycles. The number of hydrazone groups is 1. The molecule has 4 rings (SSSR count). The number of para-hydroxylation sites is 1. The van der Waals surface area contributed by atoms with E-state index in [0.717, 1.165) is 5.56 Å². The predicted octanol–water partition coefficient (Wildman–Crippen LogP) is 4.25. The maximum Gasteiger partial charge on any atom is 0.263 e. The first-order valence-electron chi connectivity index (χ1n) is 10.4. The van der Waals surface area contributed by atoms with Crippen LogP contribution in [0.3, 0.4) is 0 Å². The SMILES string of the molecule is COc1cc(C=NNC(=O)C(C)n2c(-c3ccccc3)nc3ccccc3c2=O)cc(Br)c1O. The summed E-state index contributed by atoms with van der Waals surface area (Å²) in [6, 6.07) is 18.6. The van der Waals surface area contributed by atoms with Gasteiger partial charge < -0.3 is 9.84 Å². The Labute approximate surface area is 203 Å². The van der Waals surface area contributed by atoms with Gasteiger partial charge in [-0.1, -0.05) is 42.5 Å². The standard InChI is InChI=1S/C25H21BrN4O4/c1-15(24(32)29-27-14-16-12-19(26)22(31)21(13-16)34-2)30-23(17-8-4-3-5-9-17)28-20-11-7-6-10-18(20)25(30)33/h3-15,31H,1-2H3,(H,29,32). The van der Waals surface area contributed by atoms with Crippen molar-refractivity contribution in [1.29, 1.82) is 0 Å². The normalized spacial score (nSPS) is 12.1. The lowest BCUT2D eigenvalue weighted by molar-refractivity contribution is -0.123. The minimum absolute atomic E-state index is 0.0334. The number of phenolic OH excluding ortho intramolecular Hbond substituents is 1. The summed E-state index contributed by atoms with van der Waals surface area (Å²) in [6.07, 6.45) is 1.41. The zero-order chi connectivity index (χ0) is 24.2. The lowest BCUT2D eigenvalue weighted by Crippen LogP contribution is -2.35. The Hall–Kier alpha value is -3.98. The van der Waals surface area contributed by atoms with Crippen molar-refractivity contribution in [2.45, 2.75) is 13.0 Å². The molecule has 1 atom stereocenters. The molecule has 34 heavy (non-hydrogen) atoms. The summed E-state index contributed by atoms with van der Waals surface area (Å²) in [4.78, 5) is 31.0. The number of ether oxygens (including phenoxy) is 1. The summed E-state index contributed by atoms with van der Waals surface area (Å²) >= 11 is 3.25. The smallest absolute Gasteiger partial charge is 0.263 e. The highest BCUT2D eigenvalue weighted by Crippen LogP contribution is 2.34. The number of aromatic nitrogens is 2. The molecule has 8 nitrogen and oxygen atoms in total. The van der Waals surface area contributed by atoms with Crippen molar-refractivity contribution >= 4 is 39.0 Å². The second kappa shape index (κ2) is 9.88. The van der Waals surface area contributed by atoms with E-state index in [1.54, 1.807) is 37.3 Å². The number of phenols is 1.